The summed E-state index contributed by atoms with van der Waals surface area (Å²) in [5.41, 5.74) is 2.44. The summed E-state index contributed by atoms with van der Waals surface area (Å²) >= 11 is 11.9. The highest BCUT2D eigenvalue weighted by Gasteiger charge is 2.21. The van der Waals surface area contributed by atoms with Crippen molar-refractivity contribution in [1.29, 1.82) is 0 Å². The number of hydrogen-bond donors (Lipinski definition) is 0. The third-order valence-corrected chi connectivity index (χ3v) is 4.77. The Bertz CT molecular complexity index is 759. The SMILES string of the molecule is Cc1cccc(N2CCN(C(=O)COc3ccc(Cl)cc3Cl)CC2)c1. The van der Waals surface area contributed by atoms with Crippen LogP contribution in [-0.4, -0.2) is 43.6 Å². The first-order valence-electron chi connectivity index (χ1n) is 8.20. The van der Waals surface area contributed by atoms with Gasteiger partial charge in [0, 0.05) is 36.9 Å². The van der Waals surface area contributed by atoms with E-state index in [1.165, 1.54) is 11.3 Å². The van der Waals surface area contributed by atoms with Gasteiger partial charge in [0.25, 0.3) is 5.91 Å². The lowest BCUT2D eigenvalue weighted by Gasteiger charge is -2.36. The summed E-state index contributed by atoms with van der Waals surface area (Å²) in [6.07, 6.45) is 0. The molecule has 0 saturated carbocycles. The molecule has 0 N–H and O–H groups in total. The van der Waals surface area contributed by atoms with Crippen LogP contribution >= 0.6 is 23.2 Å². The lowest BCUT2D eigenvalue weighted by molar-refractivity contribution is -0.133. The van der Waals surface area contributed by atoms with Crippen LogP contribution in [0.25, 0.3) is 0 Å². The van der Waals surface area contributed by atoms with E-state index in [-0.39, 0.29) is 12.5 Å². The number of halogens is 2. The Kier molecular flexibility index (Phi) is 5.71. The molecule has 0 unspecified atom stereocenters. The minimum absolute atomic E-state index is 0.0220. The molecule has 0 radical (unpaired) electrons. The van der Waals surface area contributed by atoms with Crippen molar-refractivity contribution in [3.8, 4) is 5.75 Å². The van der Waals surface area contributed by atoms with Gasteiger partial charge in [-0.25, -0.2) is 0 Å². The molecule has 1 amide bonds. The lowest BCUT2D eigenvalue weighted by Crippen LogP contribution is -2.50. The number of anilines is 1. The van der Waals surface area contributed by atoms with Gasteiger partial charge in [0.05, 0.1) is 5.02 Å². The highest BCUT2D eigenvalue weighted by molar-refractivity contribution is 6.35. The molecule has 2 aromatic carbocycles. The molecule has 0 aliphatic carbocycles. The maximum absolute atomic E-state index is 12.4. The van der Waals surface area contributed by atoms with Gasteiger partial charge in [0.15, 0.2) is 6.61 Å². The van der Waals surface area contributed by atoms with Crippen molar-refractivity contribution in [3.05, 3.63) is 58.1 Å². The van der Waals surface area contributed by atoms with E-state index in [0.717, 1.165) is 13.1 Å². The molecule has 1 aliphatic heterocycles. The minimum atomic E-state index is -0.0325. The van der Waals surface area contributed by atoms with Crippen LogP contribution < -0.4 is 9.64 Å². The molecule has 132 valence electrons. The molecule has 0 aromatic heterocycles. The number of nitrogens with zero attached hydrogens (tertiary/aromatic N) is 2. The molecule has 1 heterocycles. The second-order valence-corrected chi connectivity index (χ2v) is 6.91. The molecule has 4 nitrogen and oxygen atoms in total. The van der Waals surface area contributed by atoms with Crippen LogP contribution in [-0.2, 0) is 4.79 Å². The second kappa shape index (κ2) is 7.98. The van der Waals surface area contributed by atoms with Gasteiger partial charge in [0.1, 0.15) is 5.75 Å². The summed E-state index contributed by atoms with van der Waals surface area (Å²) < 4.78 is 5.54. The van der Waals surface area contributed by atoms with E-state index in [4.69, 9.17) is 27.9 Å². The number of amides is 1. The topological polar surface area (TPSA) is 32.8 Å². The summed E-state index contributed by atoms with van der Waals surface area (Å²) in [4.78, 5) is 16.5. The first-order valence-corrected chi connectivity index (χ1v) is 8.96. The highest BCUT2D eigenvalue weighted by atomic mass is 35.5. The van der Waals surface area contributed by atoms with Crippen molar-refractivity contribution in [2.75, 3.05) is 37.7 Å². The maximum Gasteiger partial charge on any atom is 0.260 e. The van der Waals surface area contributed by atoms with E-state index in [9.17, 15) is 4.79 Å². The Labute approximate surface area is 157 Å². The van der Waals surface area contributed by atoms with E-state index < -0.39 is 0 Å². The van der Waals surface area contributed by atoms with Gasteiger partial charge in [-0.3, -0.25) is 4.79 Å². The molecule has 2 aromatic rings. The number of aryl methyl sites for hydroxylation is 1. The zero-order valence-electron chi connectivity index (χ0n) is 14.0. The fourth-order valence-electron chi connectivity index (χ4n) is 2.86. The molecular formula is C19H20Cl2N2O2. The van der Waals surface area contributed by atoms with Crippen LogP contribution in [0.1, 0.15) is 5.56 Å². The van der Waals surface area contributed by atoms with Gasteiger partial charge < -0.3 is 14.5 Å². The molecule has 25 heavy (non-hydrogen) atoms. The van der Waals surface area contributed by atoms with Crippen molar-refractivity contribution in [1.82, 2.24) is 4.90 Å². The van der Waals surface area contributed by atoms with Crippen LogP contribution in [0.4, 0.5) is 5.69 Å². The van der Waals surface area contributed by atoms with Gasteiger partial charge in [-0.15, -0.1) is 0 Å². The second-order valence-electron chi connectivity index (χ2n) is 6.07. The normalized spacial score (nSPS) is 14.5. The van der Waals surface area contributed by atoms with Crippen molar-refractivity contribution in [2.45, 2.75) is 6.92 Å². The molecule has 1 aliphatic rings. The molecule has 6 heteroatoms. The average molecular weight is 379 g/mol. The minimum Gasteiger partial charge on any atom is -0.482 e. The number of carbonyl (C=O) groups excluding carboxylic acids is 1. The number of hydrogen-bond acceptors (Lipinski definition) is 3. The Morgan fingerprint density at radius 2 is 1.84 bits per heavy atom. The maximum atomic E-state index is 12.4. The van der Waals surface area contributed by atoms with E-state index in [1.807, 2.05) is 4.90 Å². The van der Waals surface area contributed by atoms with Gasteiger partial charge in [0.2, 0.25) is 0 Å². The van der Waals surface area contributed by atoms with Crippen molar-refractivity contribution < 1.29 is 9.53 Å². The summed E-state index contributed by atoms with van der Waals surface area (Å²) in [6, 6.07) is 13.4. The fraction of sp³-hybridized carbons (Fsp3) is 0.316. The van der Waals surface area contributed by atoms with Crippen LogP contribution in [0.5, 0.6) is 5.75 Å². The number of ether oxygens (including phenoxy) is 1. The van der Waals surface area contributed by atoms with Crippen LogP contribution in [0.2, 0.25) is 10.0 Å². The van der Waals surface area contributed by atoms with Crippen molar-refractivity contribution in [2.24, 2.45) is 0 Å². The molecule has 0 bridgehead atoms. The number of piperazine rings is 1. The monoisotopic (exact) mass is 378 g/mol. The van der Waals surface area contributed by atoms with E-state index >= 15 is 0 Å². The molecule has 1 saturated heterocycles. The third-order valence-electron chi connectivity index (χ3n) is 4.24. The van der Waals surface area contributed by atoms with E-state index in [0.29, 0.717) is 28.9 Å². The standard InChI is InChI=1S/C19H20Cl2N2O2/c1-14-3-2-4-16(11-14)22-7-9-23(10-8-22)19(24)13-25-18-6-5-15(20)12-17(18)21/h2-6,11-12H,7-10,13H2,1H3. The predicted molar refractivity (Wildman–Crippen MR) is 102 cm³/mol. The number of carbonyl (C=O) groups is 1. The smallest absolute Gasteiger partial charge is 0.260 e. The Morgan fingerprint density at radius 3 is 2.52 bits per heavy atom. The van der Waals surface area contributed by atoms with Crippen molar-refractivity contribution in [3.63, 3.8) is 0 Å². The van der Waals surface area contributed by atoms with E-state index in [1.54, 1.807) is 18.2 Å². The summed E-state index contributed by atoms with van der Waals surface area (Å²) in [5, 5.41) is 0.945. The predicted octanol–water partition coefficient (Wildman–Crippen LogP) is 4.03. The van der Waals surface area contributed by atoms with Crippen LogP contribution in [0, 0.1) is 6.92 Å². The van der Waals surface area contributed by atoms with Gasteiger partial charge in [-0.05, 0) is 42.8 Å². The Hall–Kier alpha value is -1.91. The van der Waals surface area contributed by atoms with Crippen LogP contribution in [0.3, 0.4) is 0 Å². The van der Waals surface area contributed by atoms with Gasteiger partial charge in [-0.2, -0.15) is 0 Å². The lowest BCUT2D eigenvalue weighted by atomic mass is 10.2. The van der Waals surface area contributed by atoms with Gasteiger partial charge in [-0.1, -0.05) is 35.3 Å². The summed E-state index contributed by atoms with van der Waals surface area (Å²) in [6.45, 7) is 5.07. The summed E-state index contributed by atoms with van der Waals surface area (Å²) in [7, 11) is 0. The quantitative estimate of drug-likeness (QED) is 0.804. The first kappa shape index (κ1) is 17.9. The molecule has 0 atom stereocenters. The molecule has 1 fully saturated rings. The zero-order valence-corrected chi connectivity index (χ0v) is 15.6. The highest BCUT2D eigenvalue weighted by Crippen LogP contribution is 2.27. The van der Waals surface area contributed by atoms with Crippen LogP contribution in [0.15, 0.2) is 42.5 Å². The van der Waals surface area contributed by atoms with Crippen molar-refractivity contribution >= 4 is 34.8 Å². The molecular weight excluding hydrogens is 359 g/mol. The fourth-order valence-corrected chi connectivity index (χ4v) is 3.32. The van der Waals surface area contributed by atoms with E-state index in [2.05, 4.69) is 36.1 Å². The largest absolute Gasteiger partial charge is 0.482 e. The Balaban J connectivity index is 1.51. The zero-order chi connectivity index (χ0) is 17.8. The third kappa shape index (κ3) is 4.59. The number of benzene rings is 2. The molecule has 3 rings (SSSR count). The molecule has 0 spiro atoms. The summed E-state index contributed by atoms with van der Waals surface area (Å²) in [5.74, 6) is 0.438. The number of rotatable bonds is 4. The Morgan fingerprint density at radius 1 is 1.08 bits per heavy atom. The van der Waals surface area contributed by atoms with Gasteiger partial charge >= 0.3 is 0 Å². The first-order chi connectivity index (χ1) is 12.0. The average Bonchev–Trinajstić information content (AvgIpc) is 2.61.